The van der Waals surface area contributed by atoms with Gasteiger partial charge in [-0.15, -0.1) is 10.2 Å². The molecule has 0 radical (unpaired) electrons. The molecule has 1 aromatic heterocycles. The van der Waals surface area contributed by atoms with Gasteiger partial charge in [0.05, 0.1) is 6.54 Å². The van der Waals surface area contributed by atoms with E-state index in [4.69, 9.17) is 10.5 Å². The molecular formula is C25H29FN6O2. The topological polar surface area (TPSA) is 99.8 Å². The summed E-state index contributed by atoms with van der Waals surface area (Å²) in [5, 5.41) is 21.5. The molecule has 0 saturated carbocycles. The minimum absolute atomic E-state index is 0.0814. The first kappa shape index (κ1) is 22.2. The van der Waals surface area contributed by atoms with Crippen LogP contribution in [0.1, 0.15) is 12.8 Å². The van der Waals surface area contributed by atoms with Gasteiger partial charge in [0.2, 0.25) is 0 Å². The summed E-state index contributed by atoms with van der Waals surface area (Å²) in [7, 11) is 0. The molecule has 2 saturated heterocycles. The van der Waals surface area contributed by atoms with Gasteiger partial charge in [-0.3, -0.25) is 0 Å². The second-order valence-electron chi connectivity index (χ2n) is 8.72. The zero-order chi connectivity index (χ0) is 23.5. The molecule has 0 bridgehead atoms. The fraction of sp³-hybridized carbons (Fsp3) is 0.360. The number of benzene rings is 2. The summed E-state index contributed by atoms with van der Waals surface area (Å²) in [6.45, 7) is 5.75. The minimum Gasteiger partial charge on any atom is -0.507 e. The normalized spacial score (nSPS) is 18.7. The molecule has 3 aromatic rings. The van der Waals surface area contributed by atoms with Gasteiger partial charge in [-0.2, -0.15) is 0 Å². The number of phenols is 1. The molecule has 1 atom stereocenters. The number of nitrogens with one attached hydrogen (secondary N) is 1. The maximum Gasteiger partial charge on any atom is 0.188 e. The van der Waals surface area contributed by atoms with Crippen LogP contribution in [0.15, 0.2) is 48.5 Å². The van der Waals surface area contributed by atoms with Crippen molar-refractivity contribution in [1.29, 1.82) is 0 Å². The van der Waals surface area contributed by atoms with Crippen LogP contribution in [-0.4, -0.2) is 60.7 Å². The lowest BCUT2D eigenvalue weighted by atomic mass is 10.1. The Morgan fingerprint density at radius 1 is 0.971 bits per heavy atom. The number of anilines is 3. The first-order chi connectivity index (χ1) is 16.6. The number of aromatic nitrogens is 2. The molecule has 4 N–H and O–H groups in total. The quantitative estimate of drug-likeness (QED) is 0.530. The van der Waals surface area contributed by atoms with Crippen molar-refractivity contribution in [3.8, 4) is 22.8 Å². The zero-order valence-corrected chi connectivity index (χ0v) is 19.0. The minimum atomic E-state index is -0.472. The Morgan fingerprint density at radius 2 is 1.71 bits per heavy atom. The molecule has 0 amide bonds. The van der Waals surface area contributed by atoms with Crippen molar-refractivity contribution in [3.05, 3.63) is 54.3 Å². The summed E-state index contributed by atoms with van der Waals surface area (Å²) in [4.78, 5) is 4.72. The monoisotopic (exact) mass is 464 g/mol. The Kier molecular flexibility index (Phi) is 6.35. The highest BCUT2D eigenvalue weighted by Crippen LogP contribution is 2.33. The number of hydrogen-bond acceptors (Lipinski definition) is 8. The van der Waals surface area contributed by atoms with E-state index in [-0.39, 0.29) is 23.2 Å². The van der Waals surface area contributed by atoms with E-state index in [0.29, 0.717) is 11.4 Å². The molecule has 2 aliphatic rings. The number of ether oxygens (including phenoxy) is 1. The highest BCUT2D eigenvalue weighted by molar-refractivity contribution is 5.69. The van der Waals surface area contributed by atoms with Crippen LogP contribution in [0.3, 0.4) is 0 Å². The summed E-state index contributed by atoms with van der Waals surface area (Å²) >= 11 is 0. The van der Waals surface area contributed by atoms with E-state index in [1.54, 1.807) is 6.07 Å². The summed E-state index contributed by atoms with van der Waals surface area (Å²) in [5.74, 6) is -0.00831. The van der Waals surface area contributed by atoms with E-state index >= 15 is 0 Å². The van der Waals surface area contributed by atoms with E-state index in [1.165, 1.54) is 29.6 Å². The molecule has 9 heteroatoms. The van der Waals surface area contributed by atoms with Crippen molar-refractivity contribution in [3.63, 3.8) is 0 Å². The maximum absolute atomic E-state index is 13.7. The fourth-order valence-corrected chi connectivity index (χ4v) is 4.57. The van der Waals surface area contributed by atoms with Crippen molar-refractivity contribution in [2.75, 3.05) is 54.8 Å². The lowest BCUT2D eigenvalue weighted by molar-refractivity contribution is 0.180. The number of rotatable bonds is 5. The molecule has 2 aliphatic heterocycles. The van der Waals surface area contributed by atoms with Crippen LogP contribution in [0.5, 0.6) is 11.5 Å². The number of nitrogen functional groups attached to an aromatic ring is 1. The number of hydrogen-bond donors (Lipinski definition) is 3. The molecule has 0 aliphatic carbocycles. The van der Waals surface area contributed by atoms with Crippen LogP contribution in [-0.2, 0) is 0 Å². The number of halogens is 1. The maximum atomic E-state index is 13.7. The molecule has 0 spiro atoms. The Balaban J connectivity index is 1.29. The Labute approximate surface area is 198 Å². The first-order valence-electron chi connectivity index (χ1n) is 11.7. The summed E-state index contributed by atoms with van der Waals surface area (Å²) < 4.78 is 19.9. The third-order valence-corrected chi connectivity index (χ3v) is 6.39. The van der Waals surface area contributed by atoms with E-state index in [9.17, 15) is 9.50 Å². The number of aromatic hydroxyl groups is 1. The Morgan fingerprint density at radius 3 is 2.47 bits per heavy atom. The van der Waals surface area contributed by atoms with Gasteiger partial charge in [-0.1, -0.05) is 0 Å². The van der Waals surface area contributed by atoms with E-state index < -0.39 is 5.82 Å². The van der Waals surface area contributed by atoms with Gasteiger partial charge in [-0.05, 0) is 55.3 Å². The van der Waals surface area contributed by atoms with Crippen molar-refractivity contribution in [2.45, 2.75) is 18.9 Å². The van der Waals surface area contributed by atoms with Gasteiger partial charge < -0.3 is 30.7 Å². The second kappa shape index (κ2) is 9.72. The van der Waals surface area contributed by atoms with Crippen molar-refractivity contribution in [2.24, 2.45) is 0 Å². The van der Waals surface area contributed by atoms with Crippen LogP contribution in [0.2, 0.25) is 0 Å². The number of piperidine rings is 1. The van der Waals surface area contributed by atoms with Crippen LogP contribution < -0.4 is 25.6 Å². The predicted molar refractivity (Wildman–Crippen MR) is 131 cm³/mol. The van der Waals surface area contributed by atoms with E-state index in [1.807, 2.05) is 0 Å². The number of phenolic OH excluding ortho intramolecular Hbond substituents is 1. The lowest BCUT2D eigenvalue weighted by Crippen LogP contribution is -2.43. The number of nitrogens with zero attached hydrogens (tertiary/aromatic N) is 4. The van der Waals surface area contributed by atoms with Crippen molar-refractivity contribution < 1.29 is 14.2 Å². The van der Waals surface area contributed by atoms with Gasteiger partial charge in [0.25, 0.3) is 0 Å². The zero-order valence-electron chi connectivity index (χ0n) is 19.0. The molecule has 3 heterocycles. The molecular weight excluding hydrogens is 435 g/mol. The van der Waals surface area contributed by atoms with Crippen molar-refractivity contribution >= 4 is 17.2 Å². The molecule has 5 rings (SSSR count). The Hall–Kier alpha value is -3.59. The van der Waals surface area contributed by atoms with E-state index in [2.05, 4.69) is 49.6 Å². The second-order valence-corrected chi connectivity index (χ2v) is 8.72. The highest BCUT2D eigenvalue weighted by Gasteiger charge is 2.23. The molecule has 2 fully saturated rings. The molecule has 178 valence electrons. The summed E-state index contributed by atoms with van der Waals surface area (Å²) in [5.41, 5.74) is 8.99. The van der Waals surface area contributed by atoms with Gasteiger partial charge in [-0.25, -0.2) is 4.39 Å². The van der Waals surface area contributed by atoms with Crippen LogP contribution in [0, 0.1) is 5.82 Å². The average Bonchev–Trinajstić information content (AvgIpc) is 2.88. The van der Waals surface area contributed by atoms with Crippen molar-refractivity contribution in [1.82, 2.24) is 15.5 Å². The standard InChI is InChI=1S/C25H29FN6O2/c26-17-3-8-23(33)21(14-17)22-15-24(25(27)30-29-22)34-20-2-1-11-32(16-20)19-6-4-18(5-7-19)31-12-9-28-10-13-31/h3-8,14-15,20,28,33H,1-2,9-13,16H2,(H2,27,30). The third kappa shape index (κ3) is 4.84. The fourth-order valence-electron chi connectivity index (χ4n) is 4.57. The number of piperazine rings is 1. The van der Waals surface area contributed by atoms with Gasteiger partial charge in [0.15, 0.2) is 11.6 Å². The average molecular weight is 465 g/mol. The SMILES string of the molecule is Nc1nnc(-c2cc(F)ccc2O)cc1OC1CCCN(c2ccc(N3CCNCC3)cc2)C1. The van der Waals surface area contributed by atoms with Gasteiger partial charge >= 0.3 is 0 Å². The lowest BCUT2D eigenvalue weighted by Gasteiger charge is -2.35. The van der Waals surface area contributed by atoms with Crippen LogP contribution in [0.25, 0.3) is 11.3 Å². The first-order valence-corrected chi connectivity index (χ1v) is 11.7. The molecule has 2 aromatic carbocycles. The molecule has 34 heavy (non-hydrogen) atoms. The van der Waals surface area contributed by atoms with Crippen LogP contribution >= 0.6 is 0 Å². The summed E-state index contributed by atoms with van der Waals surface area (Å²) in [6, 6.07) is 14.0. The largest absolute Gasteiger partial charge is 0.507 e. The molecule has 8 nitrogen and oxygen atoms in total. The number of nitrogens with two attached hydrogens (primary N) is 1. The third-order valence-electron chi connectivity index (χ3n) is 6.39. The van der Waals surface area contributed by atoms with Gasteiger partial charge in [0.1, 0.15) is 23.4 Å². The highest BCUT2D eigenvalue weighted by atomic mass is 19.1. The van der Waals surface area contributed by atoms with E-state index in [0.717, 1.165) is 52.1 Å². The van der Waals surface area contributed by atoms with Crippen LogP contribution in [0.4, 0.5) is 21.6 Å². The summed E-state index contributed by atoms with van der Waals surface area (Å²) in [6.07, 6.45) is 1.79. The van der Waals surface area contributed by atoms with Gasteiger partial charge in [0, 0.05) is 55.7 Å². The predicted octanol–water partition coefficient (Wildman–Crippen LogP) is 3.03. The smallest absolute Gasteiger partial charge is 0.188 e. The molecule has 1 unspecified atom stereocenters. The Bertz CT molecular complexity index is 1140.